The summed E-state index contributed by atoms with van der Waals surface area (Å²) in [6, 6.07) is 5.75. The average molecular weight is 280 g/mol. The third-order valence-corrected chi connectivity index (χ3v) is 3.48. The Balaban J connectivity index is 1.96. The largest absolute Gasteiger partial charge is 0.497 e. The van der Waals surface area contributed by atoms with E-state index in [-0.39, 0.29) is 5.97 Å². The fourth-order valence-electron chi connectivity index (χ4n) is 1.61. The van der Waals surface area contributed by atoms with E-state index in [9.17, 15) is 4.79 Å². The van der Waals surface area contributed by atoms with E-state index >= 15 is 0 Å². The van der Waals surface area contributed by atoms with Crippen molar-refractivity contribution in [1.29, 1.82) is 0 Å². The molecule has 0 spiro atoms. The number of esters is 1. The second-order valence-electron chi connectivity index (χ2n) is 3.83. The molecule has 0 aliphatic rings. The number of hydrogen-bond donors (Lipinski definition) is 1. The van der Waals surface area contributed by atoms with Crippen molar-refractivity contribution >= 4 is 32.7 Å². The van der Waals surface area contributed by atoms with Gasteiger partial charge in [0.1, 0.15) is 5.75 Å². The van der Waals surface area contributed by atoms with Crippen molar-refractivity contribution < 1.29 is 14.3 Å². The van der Waals surface area contributed by atoms with Gasteiger partial charge in [-0.3, -0.25) is 4.79 Å². The summed E-state index contributed by atoms with van der Waals surface area (Å²) in [5, 5.41) is 3.93. The summed E-state index contributed by atoms with van der Waals surface area (Å²) in [7, 11) is 1.64. The zero-order valence-corrected chi connectivity index (χ0v) is 11.8. The van der Waals surface area contributed by atoms with E-state index in [2.05, 4.69) is 10.3 Å². The summed E-state index contributed by atoms with van der Waals surface area (Å²) in [4.78, 5) is 15.6. The molecule has 19 heavy (non-hydrogen) atoms. The average Bonchev–Trinajstić information content (AvgIpc) is 2.80. The first-order chi connectivity index (χ1) is 9.22. The lowest BCUT2D eigenvalue weighted by Gasteiger charge is -2.02. The van der Waals surface area contributed by atoms with E-state index in [1.807, 2.05) is 18.2 Å². The second kappa shape index (κ2) is 6.38. The molecular formula is C13H16N2O3S. The molecule has 1 aromatic carbocycles. The van der Waals surface area contributed by atoms with Gasteiger partial charge >= 0.3 is 5.97 Å². The molecular weight excluding hydrogens is 264 g/mol. The van der Waals surface area contributed by atoms with Gasteiger partial charge in [0.05, 0.1) is 30.4 Å². The van der Waals surface area contributed by atoms with Gasteiger partial charge in [0.15, 0.2) is 5.13 Å². The first-order valence-electron chi connectivity index (χ1n) is 6.07. The van der Waals surface area contributed by atoms with Crippen molar-refractivity contribution in [1.82, 2.24) is 4.98 Å². The molecule has 1 heterocycles. The highest BCUT2D eigenvalue weighted by atomic mass is 32.1. The van der Waals surface area contributed by atoms with Crippen LogP contribution in [0.4, 0.5) is 5.13 Å². The number of aromatic nitrogens is 1. The van der Waals surface area contributed by atoms with Crippen molar-refractivity contribution in [3.05, 3.63) is 18.2 Å². The smallest absolute Gasteiger partial charge is 0.307 e. The predicted octanol–water partition coefficient (Wildman–Crippen LogP) is 2.67. The lowest BCUT2D eigenvalue weighted by atomic mass is 10.3. The first kappa shape index (κ1) is 13.6. The van der Waals surface area contributed by atoms with Crippen molar-refractivity contribution in [3.8, 4) is 5.75 Å². The number of thiazole rings is 1. The van der Waals surface area contributed by atoms with E-state index < -0.39 is 0 Å². The summed E-state index contributed by atoms with van der Waals surface area (Å²) in [5.41, 5.74) is 0.921. The number of benzene rings is 1. The molecule has 2 rings (SSSR count). The van der Waals surface area contributed by atoms with Crippen LogP contribution in [0, 0.1) is 0 Å². The van der Waals surface area contributed by atoms with Crippen LogP contribution in [0.1, 0.15) is 13.3 Å². The minimum atomic E-state index is -0.196. The Morgan fingerprint density at radius 1 is 1.47 bits per heavy atom. The summed E-state index contributed by atoms with van der Waals surface area (Å²) in [6.07, 6.45) is 0.340. The van der Waals surface area contributed by atoms with Gasteiger partial charge in [0.2, 0.25) is 0 Å². The van der Waals surface area contributed by atoms with Gasteiger partial charge in [-0.25, -0.2) is 4.98 Å². The van der Waals surface area contributed by atoms with Gasteiger partial charge in [-0.05, 0) is 25.1 Å². The molecule has 1 aromatic heterocycles. The first-order valence-corrected chi connectivity index (χ1v) is 6.88. The van der Waals surface area contributed by atoms with E-state index in [4.69, 9.17) is 9.47 Å². The van der Waals surface area contributed by atoms with Crippen LogP contribution in [0.15, 0.2) is 18.2 Å². The number of nitrogens with one attached hydrogen (secondary N) is 1. The van der Waals surface area contributed by atoms with E-state index in [0.29, 0.717) is 19.6 Å². The van der Waals surface area contributed by atoms with Gasteiger partial charge in [0, 0.05) is 6.54 Å². The fraction of sp³-hybridized carbons (Fsp3) is 0.385. The highest BCUT2D eigenvalue weighted by Gasteiger charge is 2.06. The van der Waals surface area contributed by atoms with Crippen LogP contribution in [0.3, 0.4) is 0 Å². The number of rotatable bonds is 6. The van der Waals surface area contributed by atoms with Gasteiger partial charge in [-0.1, -0.05) is 11.3 Å². The summed E-state index contributed by atoms with van der Waals surface area (Å²) in [6.45, 7) is 2.74. The van der Waals surface area contributed by atoms with Crippen LogP contribution >= 0.6 is 11.3 Å². The minimum Gasteiger partial charge on any atom is -0.497 e. The van der Waals surface area contributed by atoms with E-state index in [0.717, 1.165) is 21.1 Å². The van der Waals surface area contributed by atoms with Crippen molar-refractivity contribution in [2.75, 3.05) is 25.6 Å². The number of fused-ring (bicyclic) bond motifs is 1. The summed E-state index contributed by atoms with van der Waals surface area (Å²) in [5.74, 6) is 0.618. The molecule has 0 aliphatic heterocycles. The zero-order valence-electron chi connectivity index (χ0n) is 10.9. The van der Waals surface area contributed by atoms with Gasteiger partial charge in [0.25, 0.3) is 0 Å². The van der Waals surface area contributed by atoms with Crippen molar-refractivity contribution in [2.24, 2.45) is 0 Å². The third-order valence-electron chi connectivity index (χ3n) is 2.51. The van der Waals surface area contributed by atoms with E-state index in [1.54, 1.807) is 14.0 Å². The van der Waals surface area contributed by atoms with Crippen molar-refractivity contribution in [3.63, 3.8) is 0 Å². The Hall–Kier alpha value is -1.82. The Kier molecular flexibility index (Phi) is 4.57. The molecule has 0 fully saturated rings. The second-order valence-corrected chi connectivity index (χ2v) is 4.87. The maximum atomic E-state index is 11.2. The molecule has 0 amide bonds. The van der Waals surface area contributed by atoms with Gasteiger partial charge < -0.3 is 14.8 Å². The van der Waals surface area contributed by atoms with Crippen LogP contribution in [0.2, 0.25) is 0 Å². The van der Waals surface area contributed by atoms with Crippen LogP contribution in [-0.2, 0) is 9.53 Å². The minimum absolute atomic E-state index is 0.196. The lowest BCUT2D eigenvalue weighted by Crippen LogP contribution is -2.11. The number of methoxy groups -OCH3 is 1. The predicted molar refractivity (Wildman–Crippen MR) is 75.9 cm³/mol. The third kappa shape index (κ3) is 3.57. The standard InChI is InChI=1S/C13H16N2O3S/c1-3-18-12(16)6-7-14-13-15-10-5-4-9(17-2)8-11(10)19-13/h4-5,8H,3,6-7H2,1-2H3,(H,14,15). The highest BCUT2D eigenvalue weighted by molar-refractivity contribution is 7.22. The van der Waals surface area contributed by atoms with Gasteiger partial charge in [-0.15, -0.1) is 0 Å². The molecule has 2 aromatic rings. The molecule has 0 saturated carbocycles. The topological polar surface area (TPSA) is 60.5 Å². The zero-order chi connectivity index (χ0) is 13.7. The number of ether oxygens (including phenoxy) is 2. The monoisotopic (exact) mass is 280 g/mol. The van der Waals surface area contributed by atoms with E-state index in [1.165, 1.54) is 11.3 Å². The fourth-order valence-corrected chi connectivity index (χ4v) is 2.53. The van der Waals surface area contributed by atoms with Gasteiger partial charge in [-0.2, -0.15) is 0 Å². The van der Waals surface area contributed by atoms with Crippen LogP contribution in [0.5, 0.6) is 5.75 Å². The molecule has 5 nitrogen and oxygen atoms in total. The molecule has 0 bridgehead atoms. The lowest BCUT2D eigenvalue weighted by molar-refractivity contribution is -0.142. The normalized spacial score (nSPS) is 10.4. The van der Waals surface area contributed by atoms with Crippen LogP contribution in [0.25, 0.3) is 10.2 Å². The number of nitrogens with zero attached hydrogens (tertiary/aromatic N) is 1. The summed E-state index contributed by atoms with van der Waals surface area (Å²) < 4.78 is 11.1. The molecule has 0 atom stereocenters. The molecule has 102 valence electrons. The summed E-state index contributed by atoms with van der Waals surface area (Å²) >= 11 is 1.54. The SMILES string of the molecule is CCOC(=O)CCNc1nc2ccc(OC)cc2s1. The van der Waals surface area contributed by atoms with Crippen molar-refractivity contribution in [2.45, 2.75) is 13.3 Å². The molecule has 0 aliphatic carbocycles. The number of anilines is 1. The van der Waals surface area contributed by atoms with Crippen LogP contribution < -0.4 is 10.1 Å². The molecule has 0 unspecified atom stereocenters. The quantitative estimate of drug-likeness (QED) is 0.824. The molecule has 1 N–H and O–H groups in total. The highest BCUT2D eigenvalue weighted by Crippen LogP contribution is 2.28. The van der Waals surface area contributed by atoms with Crippen LogP contribution in [-0.4, -0.2) is 31.2 Å². The Morgan fingerprint density at radius 2 is 2.32 bits per heavy atom. The Labute approximate surface area is 115 Å². The Morgan fingerprint density at radius 3 is 3.05 bits per heavy atom. The number of carbonyl (C=O) groups is 1. The number of hydrogen-bond acceptors (Lipinski definition) is 6. The molecule has 6 heteroatoms. The Bertz CT molecular complexity index is 568. The number of carbonyl (C=O) groups excluding carboxylic acids is 1. The maximum absolute atomic E-state index is 11.2. The maximum Gasteiger partial charge on any atom is 0.307 e. The molecule has 0 saturated heterocycles. The molecule has 0 radical (unpaired) electrons.